The predicted molar refractivity (Wildman–Crippen MR) is 70.8 cm³/mol. The largest absolute Gasteiger partial charge is 0.388 e. The molecule has 0 aliphatic rings. The first-order valence-electron chi connectivity index (χ1n) is 6.43. The van der Waals surface area contributed by atoms with E-state index >= 15 is 0 Å². The van der Waals surface area contributed by atoms with Crippen LogP contribution in [-0.4, -0.2) is 12.2 Å². The summed E-state index contributed by atoms with van der Waals surface area (Å²) in [6.45, 7) is 5.01. The minimum Gasteiger partial charge on any atom is -0.388 e. The van der Waals surface area contributed by atoms with E-state index in [-0.39, 0.29) is 6.10 Å². The maximum atomic E-state index is 10.1. The van der Waals surface area contributed by atoms with E-state index in [1.165, 1.54) is 12.8 Å². The summed E-state index contributed by atoms with van der Waals surface area (Å²) < 4.78 is 5.06. The van der Waals surface area contributed by atoms with Gasteiger partial charge in [-0.05, 0) is 23.5 Å². The molecule has 0 amide bonds. The molecule has 17 heavy (non-hydrogen) atoms. The molecule has 0 aliphatic heterocycles. The monoisotopic (exact) mass is 236 g/mol. The normalized spacial score (nSPS) is 14.6. The van der Waals surface area contributed by atoms with Crippen LogP contribution in [0.2, 0.25) is 0 Å². The molecule has 0 aliphatic carbocycles. The van der Waals surface area contributed by atoms with Gasteiger partial charge in [0.25, 0.3) is 0 Å². The Bertz CT molecular complexity index is 305. The molecule has 0 aromatic heterocycles. The van der Waals surface area contributed by atoms with Gasteiger partial charge in [0.1, 0.15) is 0 Å². The summed E-state index contributed by atoms with van der Waals surface area (Å²) in [5, 5.41) is 10.1. The van der Waals surface area contributed by atoms with Crippen LogP contribution in [0, 0.1) is 5.92 Å². The van der Waals surface area contributed by atoms with E-state index in [2.05, 4.69) is 13.8 Å². The number of rotatable bonds is 7. The Morgan fingerprint density at radius 2 is 1.88 bits per heavy atom. The van der Waals surface area contributed by atoms with Crippen LogP contribution < -0.4 is 0 Å². The summed E-state index contributed by atoms with van der Waals surface area (Å²) >= 11 is 0. The van der Waals surface area contributed by atoms with Gasteiger partial charge in [-0.1, -0.05) is 51.0 Å². The molecule has 1 N–H and O–H groups in total. The van der Waals surface area contributed by atoms with Crippen molar-refractivity contribution in [2.24, 2.45) is 5.92 Å². The fourth-order valence-corrected chi connectivity index (χ4v) is 2.13. The molecule has 0 fully saturated rings. The topological polar surface area (TPSA) is 29.5 Å². The Hall–Kier alpha value is -0.860. The quantitative estimate of drug-likeness (QED) is 0.782. The van der Waals surface area contributed by atoms with Gasteiger partial charge in [0.15, 0.2) is 0 Å². The molecule has 2 unspecified atom stereocenters. The third kappa shape index (κ3) is 4.88. The van der Waals surface area contributed by atoms with E-state index in [0.717, 1.165) is 17.5 Å². The molecule has 1 rings (SSSR count). The molecule has 2 atom stereocenters. The number of aliphatic hydroxyl groups is 1. The molecule has 1 aromatic rings. The second-order valence-electron chi connectivity index (χ2n) is 4.82. The average Bonchev–Trinajstić information content (AvgIpc) is 2.30. The maximum Gasteiger partial charge on any atom is 0.0792 e. The lowest BCUT2D eigenvalue weighted by Gasteiger charge is -2.16. The Morgan fingerprint density at radius 1 is 1.24 bits per heavy atom. The van der Waals surface area contributed by atoms with Gasteiger partial charge in [-0.3, -0.25) is 0 Å². The lowest BCUT2D eigenvalue weighted by molar-refractivity contribution is 0.145. The van der Waals surface area contributed by atoms with Gasteiger partial charge in [0, 0.05) is 7.11 Å². The Morgan fingerprint density at radius 3 is 2.41 bits per heavy atom. The zero-order valence-electron chi connectivity index (χ0n) is 11.1. The zero-order chi connectivity index (χ0) is 12.7. The lowest BCUT2D eigenvalue weighted by atomic mass is 9.94. The minimum atomic E-state index is -0.340. The highest BCUT2D eigenvalue weighted by molar-refractivity contribution is 5.23. The van der Waals surface area contributed by atoms with Crippen LogP contribution in [0.3, 0.4) is 0 Å². The van der Waals surface area contributed by atoms with Crippen LogP contribution in [0.15, 0.2) is 24.3 Å². The summed E-state index contributed by atoms with van der Waals surface area (Å²) in [7, 11) is 1.69. The van der Waals surface area contributed by atoms with Crippen LogP contribution in [0.4, 0.5) is 0 Å². The average molecular weight is 236 g/mol. The second-order valence-corrected chi connectivity index (χ2v) is 4.82. The maximum absolute atomic E-state index is 10.1. The molecule has 0 saturated carbocycles. The summed E-state index contributed by atoms with van der Waals surface area (Å²) in [6, 6.07) is 8.04. The number of ether oxygens (including phenoxy) is 1. The molecular weight excluding hydrogens is 212 g/mol. The standard InChI is InChI=1S/C15H24O2/c1-4-5-12(2)10-15(16)14-8-6-13(7-9-14)11-17-3/h6-9,12,15-16H,4-5,10-11H2,1-3H3. The van der Waals surface area contributed by atoms with E-state index < -0.39 is 0 Å². The van der Waals surface area contributed by atoms with Crippen molar-refractivity contribution in [3.8, 4) is 0 Å². The van der Waals surface area contributed by atoms with Crippen molar-refractivity contribution >= 4 is 0 Å². The highest BCUT2D eigenvalue weighted by atomic mass is 16.5. The molecule has 96 valence electrons. The first-order chi connectivity index (χ1) is 8.17. The molecule has 1 aromatic carbocycles. The third-order valence-corrected chi connectivity index (χ3v) is 3.08. The molecule has 0 radical (unpaired) electrons. The van der Waals surface area contributed by atoms with Crippen molar-refractivity contribution in [1.29, 1.82) is 0 Å². The highest BCUT2D eigenvalue weighted by Gasteiger charge is 2.11. The third-order valence-electron chi connectivity index (χ3n) is 3.08. The van der Waals surface area contributed by atoms with Crippen LogP contribution in [0.1, 0.15) is 50.3 Å². The number of benzene rings is 1. The van der Waals surface area contributed by atoms with E-state index in [4.69, 9.17) is 4.74 Å². The molecule has 2 heteroatoms. The van der Waals surface area contributed by atoms with E-state index in [1.807, 2.05) is 24.3 Å². The fourth-order valence-electron chi connectivity index (χ4n) is 2.13. The van der Waals surface area contributed by atoms with Crippen LogP contribution in [0.25, 0.3) is 0 Å². The van der Waals surface area contributed by atoms with Gasteiger partial charge in [-0.2, -0.15) is 0 Å². The van der Waals surface area contributed by atoms with Gasteiger partial charge in [-0.25, -0.2) is 0 Å². The van der Waals surface area contributed by atoms with Gasteiger partial charge in [0.2, 0.25) is 0 Å². The summed E-state index contributed by atoms with van der Waals surface area (Å²) in [4.78, 5) is 0. The molecule has 0 spiro atoms. The predicted octanol–water partition coefficient (Wildman–Crippen LogP) is 3.69. The van der Waals surface area contributed by atoms with Crippen molar-refractivity contribution in [2.45, 2.75) is 45.8 Å². The van der Waals surface area contributed by atoms with Gasteiger partial charge in [-0.15, -0.1) is 0 Å². The van der Waals surface area contributed by atoms with Gasteiger partial charge < -0.3 is 9.84 Å². The number of methoxy groups -OCH3 is 1. The van der Waals surface area contributed by atoms with Crippen molar-refractivity contribution in [3.63, 3.8) is 0 Å². The SMILES string of the molecule is CCCC(C)CC(O)c1ccc(COC)cc1. The highest BCUT2D eigenvalue weighted by Crippen LogP contribution is 2.24. The van der Waals surface area contributed by atoms with Gasteiger partial charge >= 0.3 is 0 Å². The second kappa shape index (κ2) is 7.46. The van der Waals surface area contributed by atoms with Crippen molar-refractivity contribution in [2.75, 3.05) is 7.11 Å². The first-order valence-corrected chi connectivity index (χ1v) is 6.43. The van der Waals surface area contributed by atoms with Crippen molar-refractivity contribution in [3.05, 3.63) is 35.4 Å². The Labute approximate surface area is 105 Å². The smallest absolute Gasteiger partial charge is 0.0792 e. The number of aliphatic hydroxyl groups excluding tert-OH is 1. The minimum absolute atomic E-state index is 0.340. The number of hydrogen-bond donors (Lipinski definition) is 1. The fraction of sp³-hybridized carbons (Fsp3) is 0.600. The molecule has 2 nitrogen and oxygen atoms in total. The molecular formula is C15H24O2. The van der Waals surface area contributed by atoms with Crippen molar-refractivity contribution < 1.29 is 9.84 Å². The lowest BCUT2D eigenvalue weighted by Crippen LogP contribution is -2.04. The summed E-state index contributed by atoms with van der Waals surface area (Å²) in [5.74, 6) is 0.577. The molecule has 0 bridgehead atoms. The summed E-state index contributed by atoms with van der Waals surface area (Å²) in [5.41, 5.74) is 2.15. The molecule has 0 heterocycles. The zero-order valence-corrected chi connectivity index (χ0v) is 11.1. The van der Waals surface area contributed by atoms with Crippen LogP contribution in [0.5, 0.6) is 0 Å². The first kappa shape index (κ1) is 14.2. The van der Waals surface area contributed by atoms with E-state index in [1.54, 1.807) is 7.11 Å². The Kier molecular flexibility index (Phi) is 6.23. The number of hydrogen-bond acceptors (Lipinski definition) is 2. The Balaban J connectivity index is 2.53. The van der Waals surface area contributed by atoms with Crippen LogP contribution >= 0.6 is 0 Å². The molecule has 0 saturated heterocycles. The summed E-state index contributed by atoms with van der Waals surface area (Å²) in [6.07, 6.45) is 2.87. The van der Waals surface area contributed by atoms with E-state index in [9.17, 15) is 5.11 Å². The van der Waals surface area contributed by atoms with Crippen LogP contribution in [-0.2, 0) is 11.3 Å². The van der Waals surface area contributed by atoms with Gasteiger partial charge in [0.05, 0.1) is 12.7 Å². The van der Waals surface area contributed by atoms with E-state index in [0.29, 0.717) is 12.5 Å². The van der Waals surface area contributed by atoms with Crippen molar-refractivity contribution in [1.82, 2.24) is 0 Å².